The fourth-order valence-electron chi connectivity index (χ4n) is 0.899. The second-order valence-corrected chi connectivity index (χ2v) is 2.72. The number of hydrogen-bond donors (Lipinski definition) is 0. The monoisotopic (exact) mass is 204 g/mol. The molecule has 0 aromatic carbocycles. The van der Waals surface area contributed by atoms with Crippen molar-refractivity contribution >= 4 is 0 Å². The van der Waals surface area contributed by atoms with Crippen LogP contribution in [0.5, 0.6) is 0 Å². The molecule has 0 fully saturated rings. The number of hydrogen-bond acceptors (Lipinski definition) is 0. The van der Waals surface area contributed by atoms with E-state index >= 15 is 0 Å². The average molecular weight is 204 g/mol. The van der Waals surface area contributed by atoms with Gasteiger partial charge in [0.05, 0.1) is 5.57 Å². The smallest absolute Gasteiger partial charge is 0.166 e. The fraction of sp³-hybridized carbons (Fsp3) is 0.455. The van der Waals surface area contributed by atoms with Crippen LogP contribution in [0.2, 0.25) is 0 Å². The van der Waals surface area contributed by atoms with E-state index in [1.807, 2.05) is 20.8 Å². The molecule has 1 aliphatic rings. The van der Waals surface area contributed by atoms with Crippen LogP contribution in [0.1, 0.15) is 20.8 Å². The van der Waals surface area contributed by atoms with Gasteiger partial charge in [0.15, 0.2) is 0 Å². The molecule has 0 aromatic heterocycles. The van der Waals surface area contributed by atoms with Crippen LogP contribution in [-0.4, -0.2) is 6.18 Å². The van der Waals surface area contributed by atoms with E-state index in [-0.39, 0.29) is 5.92 Å². The van der Waals surface area contributed by atoms with Gasteiger partial charge in [-0.1, -0.05) is 51.2 Å². The Kier molecular flexibility index (Phi) is 5.28. The summed E-state index contributed by atoms with van der Waals surface area (Å²) in [6, 6.07) is 0. The van der Waals surface area contributed by atoms with Gasteiger partial charge in [-0.25, -0.2) is 0 Å². The van der Waals surface area contributed by atoms with Crippen LogP contribution in [0, 0.1) is 5.92 Å². The molecule has 1 rings (SSSR count). The van der Waals surface area contributed by atoms with E-state index in [1.165, 1.54) is 12.2 Å². The predicted octanol–water partition coefficient (Wildman–Crippen LogP) is 4.26. The molecular formula is C11H15F3. The largest absolute Gasteiger partial charge is 0.416 e. The minimum Gasteiger partial charge on any atom is -0.166 e. The van der Waals surface area contributed by atoms with Gasteiger partial charge in [0.2, 0.25) is 0 Å². The highest BCUT2D eigenvalue weighted by Gasteiger charge is 2.31. The van der Waals surface area contributed by atoms with Crippen LogP contribution in [0.4, 0.5) is 13.2 Å². The molecular weight excluding hydrogens is 189 g/mol. The average Bonchev–Trinajstić information content (AvgIpc) is 2.32. The van der Waals surface area contributed by atoms with Gasteiger partial charge < -0.3 is 0 Å². The van der Waals surface area contributed by atoms with Gasteiger partial charge in [-0.3, -0.25) is 0 Å². The first-order chi connectivity index (χ1) is 6.50. The van der Waals surface area contributed by atoms with E-state index < -0.39 is 11.7 Å². The number of alkyl halides is 3. The van der Waals surface area contributed by atoms with E-state index in [1.54, 1.807) is 6.08 Å². The van der Waals surface area contributed by atoms with Crippen molar-refractivity contribution < 1.29 is 13.2 Å². The van der Waals surface area contributed by atoms with Crippen molar-refractivity contribution in [2.24, 2.45) is 5.92 Å². The molecule has 0 saturated heterocycles. The molecule has 1 atom stereocenters. The zero-order valence-corrected chi connectivity index (χ0v) is 8.60. The Balaban J connectivity index is 0.000000791. The third-order valence-corrected chi connectivity index (χ3v) is 1.60. The van der Waals surface area contributed by atoms with E-state index in [0.29, 0.717) is 0 Å². The lowest BCUT2D eigenvalue weighted by atomic mass is 10.1. The van der Waals surface area contributed by atoms with Crippen molar-refractivity contribution in [1.29, 1.82) is 0 Å². The number of allylic oxidation sites excluding steroid dienone is 6. The lowest BCUT2D eigenvalue weighted by Crippen LogP contribution is -2.09. The van der Waals surface area contributed by atoms with E-state index in [2.05, 4.69) is 0 Å². The van der Waals surface area contributed by atoms with Crippen molar-refractivity contribution in [1.82, 2.24) is 0 Å². The Morgan fingerprint density at radius 2 is 1.71 bits per heavy atom. The molecule has 1 unspecified atom stereocenters. The Bertz CT molecular complexity index is 244. The van der Waals surface area contributed by atoms with Crippen molar-refractivity contribution in [3.63, 3.8) is 0 Å². The van der Waals surface area contributed by atoms with Gasteiger partial charge in [-0.2, -0.15) is 13.2 Å². The first-order valence-corrected chi connectivity index (χ1v) is 4.64. The van der Waals surface area contributed by atoms with Crippen molar-refractivity contribution in [3.05, 3.63) is 36.0 Å². The minimum absolute atomic E-state index is 0.0705. The first-order valence-electron chi connectivity index (χ1n) is 4.64. The Labute approximate surface area is 82.8 Å². The highest BCUT2D eigenvalue weighted by molar-refractivity contribution is 5.31. The van der Waals surface area contributed by atoms with Crippen LogP contribution in [-0.2, 0) is 0 Å². The summed E-state index contributed by atoms with van der Waals surface area (Å²) < 4.78 is 36.3. The zero-order valence-electron chi connectivity index (χ0n) is 8.60. The Hall–Kier alpha value is -0.990. The van der Waals surface area contributed by atoms with E-state index in [9.17, 15) is 13.2 Å². The van der Waals surface area contributed by atoms with Crippen molar-refractivity contribution in [3.8, 4) is 0 Å². The zero-order chi connectivity index (χ0) is 11.2. The van der Waals surface area contributed by atoms with E-state index in [0.717, 1.165) is 12.2 Å². The lowest BCUT2D eigenvalue weighted by molar-refractivity contribution is -0.0881. The molecule has 0 nitrogen and oxygen atoms in total. The molecule has 0 heterocycles. The normalized spacial score (nSPS) is 20.7. The molecule has 0 bridgehead atoms. The number of rotatable bonds is 0. The van der Waals surface area contributed by atoms with Crippen LogP contribution < -0.4 is 0 Å². The molecule has 0 aromatic rings. The fourth-order valence-corrected chi connectivity index (χ4v) is 0.899. The molecule has 3 heteroatoms. The summed E-state index contributed by atoms with van der Waals surface area (Å²) in [5, 5.41) is 0. The first kappa shape index (κ1) is 13.0. The van der Waals surface area contributed by atoms with Crippen molar-refractivity contribution in [2.45, 2.75) is 26.9 Å². The summed E-state index contributed by atoms with van der Waals surface area (Å²) in [5.74, 6) is 0.0705. The van der Waals surface area contributed by atoms with Gasteiger partial charge in [-0.05, 0) is 5.92 Å². The SMILES string of the molecule is CC.CC1C=CC=C(C(F)(F)F)C=C1. The standard InChI is InChI=1S/C9H9F3.C2H6/c1-7-3-2-4-8(6-5-7)9(10,11)12;1-2/h2-7H,1H3;1-2H3. The molecule has 0 amide bonds. The topological polar surface area (TPSA) is 0 Å². The summed E-state index contributed by atoms with van der Waals surface area (Å²) in [5.41, 5.74) is -0.594. The third-order valence-electron chi connectivity index (χ3n) is 1.60. The van der Waals surface area contributed by atoms with Gasteiger partial charge in [0.25, 0.3) is 0 Å². The molecule has 14 heavy (non-hydrogen) atoms. The third kappa shape index (κ3) is 4.30. The predicted molar refractivity (Wildman–Crippen MR) is 52.9 cm³/mol. The highest BCUT2D eigenvalue weighted by atomic mass is 19.4. The Morgan fingerprint density at radius 3 is 2.21 bits per heavy atom. The summed E-state index contributed by atoms with van der Waals surface area (Å²) in [7, 11) is 0. The maximum absolute atomic E-state index is 12.1. The van der Waals surface area contributed by atoms with Crippen LogP contribution in [0.3, 0.4) is 0 Å². The van der Waals surface area contributed by atoms with Crippen molar-refractivity contribution in [2.75, 3.05) is 0 Å². The minimum atomic E-state index is -4.23. The Morgan fingerprint density at radius 1 is 1.14 bits per heavy atom. The second kappa shape index (κ2) is 5.68. The van der Waals surface area contributed by atoms with Crippen LogP contribution in [0.25, 0.3) is 0 Å². The highest BCUT2D eigenvalue weighted by Crippen LogP contribution is 2.28. The van der Waals surface area contributed by atoms with Crippen LogP contribution in [0.15, 0.2) is 36.0 Å². The van der Waals surface area contributed by atoms with Gasteiger partial charge in [0, 0.05) is 0 Å². The molecule has 80 valence electrons. The quantitative estimate of drug-likeness (QED) is 0.553. The van der Waals surface area contributed by atoms with E-state index in [4.69, 9.17) is 0 Å². The summed E-state index contributed by atoms with van der Waals surface area (Å²) in [4.78, 5) is 0. The molecule has 0 N–H and O–H groups in total. The lowest BCUT2D eigenvalue weighted by Gasteiger charge is -2.05. The molecule has 0 aliphatic heterocycles. The molecule has 0 spiro atoms. The molecule has 0 radical (unpaired) electrons. The van der Waals surface area contributed by atoms with Crippen LogP contribution >= 0.6 is 0 Å². The van der Waals surface area contributed by atoms with Gasteiger partial charge >= 0.3 is 6.18 Å². The molecule has 0 saturated carbocycles. The van der Waals surface area contributed by atoms with Gasteiger partial charge in [-0.15, -0.1) is 0 Å². The van der Waals surface area contributed by atoms with Gasteiger partial charge in [0.1, 0.15) is 0 Å². The summed E-state index contributed by atoms with van der Waals surface area (Å²) in [6.45, 7) is 5.83. The summed E-state index contributed by atoms with van der Waals surface area (Å²) >= 11 is 0. The number of halogens is 3. The second-order valence-electron chi connectivity index (χ2n) is 2.72. The summed E-state index contributed by atoms with van der Waals surface area (Å²) in [6.07, 6.45) is 2.65. The molecule has 1 aliphatic carbocycles. The maximum Gasteiger partial charge on any atom is 0.416 e. The maximum atomic E-state index is 12.1.